The molecule has 0 amide bonds. The molecule has 2 aliphatic rings. The van der Waals surface area contributed by atoms with Gasteiger partial charge in [-0.15, -0.1) is 0 Å². The highest BCUT2D eigenvalue weighted by molar-refractivity contribution is 6.30. The number of benzene rings is 1. The zero-order valence-electron chi connectivity index (χ0n) is 10.2. The number of ether oxygens (including phenoxy) is 1. The maximum atomic E-state index is 5.97. The Morgan fingerprint density at radius 2 is 2.06 bits per heavy atom. The second-order valence-corrected chi connectivity index (χ2v) is 5.56. The van der Waals surface area contributed by atoms with Crippen LogP contribution in [0.2, 0.25) is 5.02 Å². The third-order valence-corrected chi connectivity index (χ3v) is 3.91. The van der Waals surface area contributed by atoms with Crippen LogP contribution in [-0.4, -0.2) is 24.1 Å². The van der Waals surface area contributed by atoms with Crippen LogP contribution in [0.4, 0.5) is 0 Å². The summed E-state index contributed by atoms with van der Waals surface area (Å²) in [7, 11) is 0. The Labute approximate surface area is 112 Å². The number of aliphatic imine (C=N–C) groups is 1. The average molecular weight is 265 g/mol. The lowest BCUT2D eigenvalue weighted by Gasteiger charge is -2.26. The minimum atomic E-state index is 0.257. The molecule has 3 unspecified atom stereocenters. The number of hydrogen-bond acceptors (Lipinski definition) is 3. The molecule has 0 saturated heterocycles. The summed E-state index contributed by atoms with van der Waals surface area (Å²) in [6, 6.07) is 8.39. The normalized spacial score (nSPS) is 30.6. The molecule has 1 aromatic carbocycles. The van der Waals surface area contributed by atoms with Gasteiger partial charge in [-0.1, -0.05) is 23.7 Å². The molecule has 4 heteroatoms. The van der Waals surface area contributed by atoms with Crippen LogP contribution < -0.4 is 5.73 Å². The van der Waals surface area contributed by atoms with Crippen molar-refractivity contribution in [2.75, 3.05) is 0 Å². The van der Waals surface area contributed by atoms with Crippen molar-refractivity contribution >= 4 is 17.5 Å². The van der Waals surface area contributed by atoms with E-state index in [1.54, 1.807) is 0 Å². The molecule has 3 rings (SSSR count). The van der Waals surface area contributed by atoms with Crippen molar-refractivity contribution < 1.29 is 4.74 Å². The van der Waals surface area contributed by atoms with Gasteiger partial charge in [-0.05, 0) is 37.0 Å². The third kappa shape index (κ3) is 2.52. The van der Waals surface area contributed by atoms with Crippen molar-refractivity contribution in [3.05, 3.63) is 34.9 Å². The highest BCUT2D eigenvalue weighted by Gasteiger charge is 2.35. The van der Waals surface area contributed by atoms with Gasteiger partial charge in [0.15, 0.2) is 5.90 Å². The highest BCUT2D eigenvalue weighted by Crippen LogP contribution is 2.28. The monoisotopic (exact) mass is 264 g/mol. The minimum absolute atomic E-state index is 0.257. The maximum Gasteiger partial charge on any atom is 0.188 e. The van der Waals surface area contributed by atoms with Crippen LogP contribution >= 0.6 is 11.6 Å². The van der Waals surface area contributed by atoms with Gasteiger partial charge in [-0.25, -0.2) is 4.99 Å². The summed E-state index contributed by atoms with van der Waals surface area (Å²) in [6.07, 6.45) is 4.03. The van der Waals surface area contributed by atoms with Gasteiger partial charge in [0.1, 0.15) is 6.10 Å². The molecule has 0 radical (unpaired) electrons. The van der Waals surface area contributed by atoms with Gasteiger partial charge in [-0.2, -0.15) is 0 Å². The van der Waals surface area contributed by atoms with Gasteiger partial charge in [0, 0.05) is 17.5 Å². The van der Waals surface area contributed by atoms with Crippen LogP contribution in [0, 0.1) is 0 Å². The smallest absolute Gasteiger partial charge is 0.188 e. The zero-order valence-corrected chi connectivity index (χ0v) is 10.9. The average Bonchev–Trinajstić information content (AvgIpc) is 2.73. The Balaban J connectivity index is 1.67. The maximum absolute atomic E-state index is 5.97. The van der Waals surface area contributed by atoms with Gasteiger partial charge < -0.3 is 10.5 Å². The van der Waals surface area contributed by atoms with Crippen molar-refractivity contribution in [2.45, 2.75) is 43.9 Å². The van der Waals surface area contributed by atoms with Crippen LogP contribution in [0.15, 0.2) is 29.3 Å². The van der Waals surface area contributed by atoms with Gasteiger partial charge in [0.2, 0.25) is 0 Å². The molecule has 1 aliphatic carbocycles. The van der Waals surface area contributed by atoms with Gasteiger partial charge in [-0.3, -0.25) is 0 Å². The number of fused-ring (bicyclic) bond motifs is 1. The predicted molar refractivity (Wildman–Crippen MR) is 73.1 cm³/mol. The Hall–Kier alpha value is -1.06. The van der Waals surface area contributed by atoms with Gasteiger partial charge in [0.25, 0.3) is 0 Å². The lowest BCUT2D eigenvalue weighted by molar-refractivity contribution is 0.142. The van der Waals surface area contributed by atoms with E-state index in [9.17, 15) is 0 Å². The Morgan fingerprint density at radius 3 is 2.83 bits per heavy atom. The standard InChI is InChI=1S/C14H17ClN2O/c15-10-3-1-9(2-4-10)7-14-17-12-8-11(16)5-6-13(12)18-14/h1-4,11-13H,5-8,16H2. The molecule has 0 aromatic heterocycles. The summed E-state index contributed by atoms with van der Waals surface area (Å²) in [5, 5.41) is 0.757. The lowest BCUT2D eigenvalue weighted by atomic mass is 9.90. The molecule has 1 aliphatic heterocycles. The topological polar surface area (TPSA) is 47.6 Å². The molecule has 1 heterocycles. The van der Waals surface area contributed by atoms with E-state index < -0.39 is 0 Å². The number of hydrogen-bond donors (Lipinski definition) is 1. The largest absolute Gasteiger partial charge is 0.475 e. The molecule has 1 fully saturated rings. The van der Waals surface area contributed by atoms with Crippen LogP contribution in [0.1, 0.15) is 24.8 Å². The summed E-state index contributed by atoms with van der Waals surface area (Å²) in [4.78, 5) is 4.66. The fourth-order valence-electron chi connectivity index (χ4n) is 2.68. The molecule has 1 aromatic rings. The molecule has 0 bridgehead atoms. The quantitative estimate of drug-likeness (QED) is 0.892. The van der Waals surface area contributed by atoms with Crippen LogP contribution in [0.5, 0.6) is 0 Å². The zero-order chi connectivity index (χ0) is 12.5. The summed E-state index contributed by atoms with van der Waals surface area (Å²) in [5.41, 5.74) is 7.15. The van der Waals surface area contributed by atoms with E-state index in [0.717, 1.165) is 36.6 Å². The Morgan fingerprint density at radius 1 is 1.28 bits per heavy atom. The van der Waals surface area contributed by atoms with E-state index in [2.05, 4.69) is 4.99 Å². The molecule has 0 spiro atoms. The second-order valence-electron chi connectivity index (χ2n) is 5.12. The van der Waals surface area contributed by atoms with E-state index in [4.69, 9.17) is 22.1 Å². The molecule has 96 valence electrons. The van der Waals surface area contributed by atoms with Crippen molar-refractivity contribution in [2.24, 2.45) is 10.7 Å². The van der Waals surface area contributed by atoms with Crippen LogP contribution in [0.3, 0.4) is 0 Å². The first-order valence-electron chi connectivity index (χ1n) is 6.44. The van der Waals surface area contributed by atoms with Crippen molar-refractivity contribution in [1.29, 1.82) is 0 Å². The lowest BCUT2D eigenvalue weighted by Crippen LogP contribution is -2.37. The van der Waals surface area contributed by atoms with Crippen LogP contribution in [-0.2, 0) is 11.2 Å². The van der Waals surface area contributed by atoms with Gasteiger partial charge in [0.05, 0.1) is 6.04 Å². The summed E-state index contributed by atoms with van der Waals surface area (Å²) in [5.74, 6) is 0.849. The molecule has 3 nitrogen and oxygen atoms in total. The molecule has 2 N–H and O–H groups in total. The molecule has 3 atom stereocenters. The second kappa shape index (κ2) is 4.90. The van der Waals surface area contributed by atoms with E-state index in [-0.39, 0.29) is 18.2 Å². The van der Waals surface area contributed by atoms with Crippen LogP contribution in [0.25, 0.3) is 0 Å². The summed E-state index contributed by atoms with van der Waals surface area (Å²) < 4.78 is 5.91. The molecular weight excluding hydrogens is 248 g/mol. The Bertz CT molecular complexity index is 457. The van der Waals surface area contributed by atoms with E-state index in [1.165, 1.54) is 5.56 Å². The third-order valence-electron chi connectivity index (χ3n) is 3.66. The number of nitrogens with two attached hydrogens (primary N) is 1. The van der Waals surface area contributed by atoms with E-state index in [1.807, 2.05) is 24.3 Å². The fourth-order valence-corrected chi connectivity index (χ4v) is 2.80. The van der Waals surface area contributed by atoms with Crippen molar-refractivity contribution in [3.8, 4) is 0 Å². The SMILES string of the molecule is NC1CCC2OC(Cc3ccc(Cl)cc3)=NC2C1. The van der Waals surface area contributed by atoms with E-state index >= 15 is 0 Å². The predicted octanol–water partition coefficient (Wildman–Crippen LogP) is 2.56. The molecule has 1 saturated carbocycles. The summed E-state index contributed by atoms with van der Waals surface area (Å²) in [6.45, 7) is 0. The van der Waals surface area contributed by atoms with E-state index in [0.29, 0.717) is 0 Å². The molecular formula is C14H17ClN2O. The fraction of sp³-hybridized carbons (Fsp3) is 0.500. The van der Waals surface area contributed by atoms with Crippen molar-refractivity contribution in [3.63, 3.8) is 0 Å². The van der Waals surface area contributed by atoms with Crippen molar-refractivity contribution in [1.82, 2.24) is 0 Å². The minimum Gasteiger partial charge on any atom is -0.475 e. The number of nitrogens with zero attached hydrogens (tertiary/aromatic N) is 1. The number of rotatable bonds is 2. The number of halogens is 1. The van der Waals surface area contributed by atoms with Gasteiger partial charge >= 0.3 is 0 Å². The highest BCUT2D eigenvalue weighted by atomic mass is 35.5. The Kier molecular flexibility index (Phi) is 3.27. The first kappa shape index (κ1) is 12.0. The molecule has 18 heavy (non-hydrogen) atoms. The first-order valence-corrected chi connectivity index (χ1v) is 6.82. The summed E-state index contributed by atoms with van der Waals surface area (Å²) >= 11 is 5.87. The first-order chi connectivity index (χ1) is 8.70.